The number of likely N-dealkylation sites (tertiary alicyclic amines) is 1. The molecule has 1 fully saturated rings. The van der Waals surface area contributed by atoms with E-state index >= 15 is 0 Å². The van der Waals surface area contributed by atoms with Crippen molar-refractivity contribution in [1.29, 1.82) is 0 Å². The molecule has 7 N–H and O–H groups in total. The van der Waals surface area contributed by atoms with Crippen LogP contribution >= 0.6 is 11.8 Å². The molecule has 2 rings (SSSR count). The highest BCUT2D eigenvalue weighted by molar-refractivity contribution is 7.98. The standard InChI is InChI=1S/C23H33N5O6S/c1-35-11-9-16(26-20(30)15(24)12-14-6-3-2-4-7-14)22(32)28-10-5-8-18(28)21(31)27-17(23(33)34)13-19(25)29/h2-4,6-7,15-18H,5,8-13,24H2,1H3,(H2,25,29)(H,26,30)(H,27,31)(H,33,34). The molecule has 4 unspecified atom stereocenters. The number of aliphatic carboxylic acids is 1. The first-order chi connectivity index (χ1) is 16.6. The van der Waals surface area contributed by atoms with Crippen molar-refractivity contribution in [2.75, 3.05) is 18.6 Å². The first-order valence-electron chi connectivity index (χ1n) is 11.3. The zero-order valence-electron chi connectivity index (χ0n) is 19.6. The second kappa shape index (κ2) is 13.7. The minimum absolute atomic E-state index is 0.284. The van der Waals surface area contributed by atoms with Gasteiger partial charge in [0.1, 0.15) is 18.1 Å². The Kier molecular flexibility index (Phi) is 11.0. The van der Waals surface area contributed by atoms with Crippen LogP contribution in [0, 0.1) is 0 Å². The number of nitrogens with two attached hydrogens (primary N) is 2. The van der Waals surface area contributed by atoms with E-state index in [0.717, 1.165) is 5.56 Å². The molecule has 4 amide bonds. The van der Waals surface area contributed by atoms with E-state index in [4.69, 9.17) is 11.5 Å². The van der Waals surface area contributed by atoms with Crippen molar-refractivity contribution in [3.63, 3.8) is 0 Å². The van der Waals surface area contributed by atoms with Crippen molar-refractivity contribution < 1.29 is 29.1 Å². The van der Waals surface area contributed by atoms with E-state index in [1.807, 2.05) is 36.6 Å². The van der Waals surface area contributed by atoms with Gasteiger partial charge in [-0.3, -0.25) is 19.2 Å². The van der Waals surface area contributed by atoms with E-state index in [2.05, 4.69) is 10.6 Å². The molecule has 1 heterocycles. The van der Waals surface area contributed by atoms with Crippen LogP contribution in [0.3, 0.4) is 0 Å². The maximum atomic E-state index is 13.4. The van der Waals surface area contributed by atoms with Gasteiger partial charge in [0.15, 0.2) is 0 Å². The largest absolute Gasteiger partial charge is 0.480 e. The topological polar surface area (TPSA) is 185 Å². The number of benzene rings is 1. The monoisotopic (exact) mass is 507 g/mol. The molecule has 0 spiro atoms. The van der Waals surface area contributed by atoms with Crippen LogP contribution in [0.2, 0.25) is 0 Å². The van der Waals surface area contributed by atoms with Crippen LogP contribution in [0.1, 0.15) is 31.2 Å². The lowest BCUT2D eigenvalue weighted by Gasteiger charge is -2.30. The van der Waals surface area contributed by atoms with Gasteiger partial charge in [-0.15, -0.1) is 0 Å². The molecule has 0 aromatic heterocycles. The Labute approximate surface area is 208 Å². The number of hydrogen-bond donors (Lipinski definition) is 5. The molecular weight excluding hydrogens is 474 g/mol. The molecule has 1 saturated heterocycles. The van der Waals surface area contributed by atoms with Crippen molar-refractivity contribution in [2.45, 2.75) is 56.3 Å². The zero-order valence-corrected chi connectivity index (χ0v) is 20.5. The van der Waals surface area contributed by atoms with E-state index < -0.39 is 60.2 Å². The summed E-state index contributed by atoms with van der Waals surface area (Å²) in [5.74, 6) is -3.26. The van der Waals surface area contributed by atoms with Crippen molar-refractivity contribution >= 4 is 41.4 Å². The first-order valence-corrected chi connectivity index (χ1v) is 12.7. The number of hydrogen-bond acceptors (Lipinski definition) is 7. The van der Waals surface area contributed by atoms with Gasteiger partial charge in [0.2, 0.25) is 23.6 Å². The van der Waals surface area contributed by atoms with E-state index in [1.165, 1.54) is 16.7 Å². The number of carboxylic acid groups (broad SMARTS) is 1. The zero-order chi connectivity index (χ0) is 26.0. The van der Waals surface area contributed by atoms with Crippen molar-refractivity contribution in [3.05, 3.63) is 35.9 Å². The van der Waals surface area contributed by atoms with Crippen LogP contribution in [-0.2, 0) is 30.4 Å². The average molecular weight is 508 g/mol. The van der Waals surface area contributed by atoms with Gasteiger partial charge in [-0.25, -0.2) is 4.79 Å². The SMILES string of the molecule is CSCCC(NC(=O)C(N)Cc1ccccc1)C(=O)N1CCCC1C(=O)NC(CC(N)=O)C(=O)O. The Morgan fingerprint density at radius 1 is 1.14 bits per heavy atom. The van der Waals surface area contributed by atoms with Gasteiger partial charge >= 0.3 is 5.97 Å². The predicted octanol–water partition coefficient (Wildman–Crippen LogP) is -0.770. The Hall–Kier alpha value is -3.12. The summed E-state index contributed by atoms with van der Waals surface area (Å²) in [7, 11) is 0. The van der Waals surface area contributed by atoms with Crippen LogP contribution in [-0.4, -0.2) is 82.3 Å². The molecule has 0 bridgehead atoms. The van der Waals surface area contributed by atoms with Crippen LogP contribution in [0.25, 0.3) is 0 Å². The van der Waals surface area contributed by atoms with Gasteiger partial charge in [0, 0.05) is 6.54 Å². The fourth-order valence-electron chi connectivity index (χ4n) is 3.90. The Morgan fingerprint density at radius 3 is 2.43 bits per heavy atom. The number of nitrogens with one attached hydrogen (secondary N) is 2. The maximum Gasteiger partial charge on any atom is 0.326 e. The maximum absolute atomic E-state index is 13.4. The number of primary amides is 1. The molecule has 11 nitrogen and oxygen atoms in total. The highest BCUT2D eigenvalue weighted by Gasteiger charge is 2.39. The van der Waals surface area contributed by atoms with Gasteiger partial charge in [0.25, 0.3) is 0 Å². The Balaban J connectivity index is 2.09. The van der Waals surface area contributed by atoms with Crippen LogP contribution in [0.4, 0.5) is 0 Å². The molecule has 35 heavy (non-hydrogen) atoms. The van der Waals surface area contributed by atoms with Gasteiger partial charge in [-0.05, 0) is 43.3 Å². The number of nitrogens with zero attached hydrogens (tertiary/aromatic N) is 1. The Bertz CT molecular complexity index is 915. The molecule has 4 atom stereocenters. The molecule has 1 aromatic carbocycles. The fourth-order valence-corrected chi connectivity index (χ4v) is 4.38. The first kappa shape index (κ1) is 28.1. The third-order valence-corrected chi connectivity index (χ3v) is 6.36. The van der Waals surface area contributed by atoms with Crippen molar-refractivity contribution in [1.82, 2.24) is 15.5 Å². The smallest absolute Gasteiger partial charge is 0.326 e. The lowest BCUT2D eigenvalue weighted by Crippen LogP contribution is -2.57. The summed E-state index contributed by atoms with van der Waals surface area (Å²) < 4.78 is 0. The molecule has 1 aliphatic rings. The molecule has 0 radical (unpaired) electrons. The van der Waals surface area contributed by atoms with E-state index in [9.17, 15) is 29.1 Å². The third kappa shape index (κ3) is 8.55. The van der Waals surface area contributed by atoms with Gasteiger partial charge < -0.3 is 32.1 Å². The normalized spacial score (nSPS) is 17.8. The molecule has 12 heteroatoms. The number of thioether (sulfide) groups is 1. The molecule has 0 saturated carbocycles. The van der Waals surface area contributed by atoms with Crippen LogP contribution in [0.15, 0.2) is 30.3 Å². The average Bonchev–Trinajstić information content (AvgIpc) is 3.31. The number of rotatable bonds is 13. The van der Waals surface area contributed by atoms with E-state index in [-0.39, 0.29) is 6.54 Å². The van der Waals surface area contributed by atoms with Gasteiger partial charge in [0.05, 0.1) is 12.5 Å². The third-order valence-electron chi connectivity index (χ3n) is 5.72. The van der Waals surface area contributed by atoms with Crippen molar-refractivity contribution in [2.24, 2.45) is 11.5 Å². The van der Waals surface area contributed by atoms with Crippen molar-refractivity contribution in [3.8, 4) is 0 Å². The highest BCUT2D eigenvalue weighted by Crippen LogP contribution is 2.20. The molecule has 192 valence electrons. The summed E-state index contributed by atoms with van der Waals surface area (Å²) in [6.07, 6.45) is 2.83. The van der Waals surface area contributed by atoms with Crippen LogP contribution in [0.5, 0.6) is 0 Å². The summed E-state index contributed by atoms with van der Waals surface area (Å²) in [4.78, 5) is 62.8. The lowest BCUT2D eigenvalue weighted by molar-refractivity contribution is -0.145. The summed E-state index contributed by atoms with van der Waals surface area (Å²) in [6, 6.07) is 5.14. The lowest BCUT2D eigenvalue weighted by atomic mass is 10.1. The summed E-state index contributed by atoms with van der Waals surface area (Å²) in [5, 5.41) is 14.3. The van der Waals surface area contributed by atoms with Crippen LogP contribution < -0.4 is 22.1 Å². The Morgan fingerprint density at radius 2 is 1.83 bits per heavy atom. The predicted molar refractivity (Wildman–Crippen MR) is 131 cm³/mol. The van der Waals surface area contributed by atoms with E-state index in [0.29, 0.717) is 31.4 Å². The quantitative estimate of drug-likeness (QED) is 0.230. The number of carbonyl (C=O) groups is 5. The molecule has 0 aliphatic carbocycles. The highest BCUT2D eigenvalue weighted by atomic mass is 32.2. The number of carbonyl (C=O) groups excluding carboxylic acids is 4. The fraction of sp³-hybridized carbons (Fsp3) is 0.522. The second-order valence-electron chi connectivity index (χ2n) is 8.40. The number of amides is 4. The summed E-state index contributed by atoms with van der Waals surface area (Å²) >= 11 is 1.51. The molecular formula is C23H33N5O6S. The minimum Gasteiger partial charge on any atom is -0.480 e. The van der Waals surface area contributed by atoms with E-state index in [1.54, 1.807) is 0 Å². The van der Waals surface area contributed by atoms with Gasteiger partial charge in [-0.2, -0.15) is 11.8 Å². The summed E-state index contributed by atoms with van der Waals surface area (Å²) in [6.45, 7) is 0.284. The minimum atomic E-state index is -1.49. The summed E-state index contributed by atoms with van der Waals surface area (Å²) in [5.41, 5.74) is 12.0. The second-order valence-corrected chi connectivity index (χ2v) is 9.38. The number of carboxylic acids is 1. The molecule has 1 aromatic rings. The molecule has 1 aliphatic heterocycles. The van der Waals surface area contributed by atoms with Gasteiger partial charge in [-0.1, -0.05) is 30.3 Å².